The number of nitrogens with zero attached hydrogens (tertiary/aromatic N) is 2. The highest BCUT2D eigenvalue weighted by atomic mass is 35.5. The molecule has 3 N–H and O–H groups in total. The number of piperazine rings is 1. The highest BCUT2D eigenvalue weighted by Gasteiger charge is 2.38. The molecule has 2 fully saturated rings. The Kier molecular flexibility index (Phi) is 11.3. The Morgan fingerprint density at radius 1 is 1.07 bits per heavy atom. The maximum Gasteiger partial charge on any atom is 0.243 e. The van der Waals surface area contributed by atoms with Crippen molar-refractivity contribution in [3.63, 3.8) is 0 Å². The Bertz CT molecular complexity index is 1570. The molecule has 0 spiro atoms. The van der Waals surface area contributed by atoms with Crippen LogP contribution in [-0.4, -0.2) is 67.9 Å². The van der Waals surface area contributed by atoms with Crippen LogP contribution in [0.5, 0.6) is 0 Å². The van der Waals surface area contributed by atoms with Crippen LogP contribution in [0.25, 0.3) is 0 Å². The molecule has 0 saturated carbocycles. The third kappa shape index (κ3) is 7.93. The van der Waals surface area contributed by atoms with Gasteiger partial charge in [-0.05, 0) is 91.6 Å². The zero-order valence-corrected chi connectivity index (χ0v) is 27.5. The van der Waals surface area contributed by atoms with E-state index in [0.717, 1.165) is 24.6 Å². The second kappa shape index (κ2) is 15.0. The summed E-state index contributed by atoms with van der Waals surface area (Å²) in [6, 6.07) is 11.9. The molecule has 45 heavy (non-hydrogen) atoms. The lowest BCUT2D eigenvalue weighted by atomic mass is 9.75. The number of ether oxygens (including phenoxy) is 1. The number of hydrogen-bond acceptors (Lipinski definition) is 7. The molecule has 0 radical (unpaired) electrons. The number of ketones is 1. The number of sulfonamides is 1. The molecule has 2 saturated heterocycles. The minimum Gasteiger partial charge on any atom is -0.381 e. The van der Waals surface area contributed by atoms with Gasteiger partial charge in [0.2, 0.25) is 10.0 Å². The van der Waals surface area contributed by atoms with Crippen LogP contribution in [0.15, 0.2) is 65.8 Å². The Morgan fingerprint density at radius 3 is 2.38 bits per heavy atom. The predicted molar refractivity (Wildman–Crippen MR) is 174 cm³/mol. The van der Waals surface area contributed by atoms with Crippen molar-refractivity contribution >= 4 is 39.0 Å². The summed E-state index contributed by atoms with van der Waals surface area (Å²) in [7, 11) is -3.84. The van der Waals surface area contributed by atoms with Gasteiger partial charge in [0.15, 0.2) is 5.78 Å². The van der Waals surface area contributed by atoms with Crippen molar-refractivity contribution < 1.29 is 22.3 Å². The number of carbonyl (C=O) groups is 1. The Hall–Kier alpha value is -2.44. The zero-order valence-electron chi connectivity index (χ0n) is 25.2. The quantitative estimate of drug-likeness (QED) is 0.288. The zero-order chi connectivity index (χ0) is 32.1. The van der Waals surface area contributed by atoms with Crippen molar-refractivity contribution in [2.45, 2.75) is 68.0 Å². The van der Waals surface area contributed by atoms with Crippen LogP contribution in [-0.2, 0) is 32.4 Å². The molecule has 0 unspecified atom stereocenters. The molecule has 242 valence electrons. The number of hydrogen-bond donors (Lipinski definition) is 2. The highest BCUT2D eigenvalue weighted by Crippen LogP contribution is 2.36. The van der Waals surface area contributed by atoms with Gasteiger partial charge >= 0.3 is 0 Å². The van der Waals surface area contributed by atoms with Crippen LogP contribution in [0.1, 0.15) is 48.8 Å². The first-order valence-electron chi connectivity index (χ1n) is 15.3. The summed E-state index contributed by atoms with van der Waals surface area (Å²) in [5, 5.41) is 4.35. The van der Waals surface area contributed by atoms with E-state index in [1.54, 1.807) is 24.3 Å². The molecule has 2 aliphatic heterocycles. The number of pyridine rings is 1. The Morgan fingerprint density at radius 2 is 1.71 bits per heavy atom. The standard InChI is InChI=1S/C33H39Cl2FN4O4S/c1-21-17-38-19-27(40(21)45(42,43)28-9-6-26(35)7-10-28)8-11-29-24(18-39-20-30(29)36)16-31(41)33(37)32(23-12-14-44-15-13-23)22-2-4-25(34)5-3-22/h2-7,9-10,18,20-21,23,27,32-33,38H,8,11-17,19,37H2,1H3/t21-,27-,32-,33+/m0/s1. The van der Waals surface area contributed by atoms with Crippen LogP contribution in [0, 0.1) is 11.7 Å². The topological polar surface area (TPSA) is 115 Å². The van der Waals surface area contributed by atoms with E-state index in [0.29, 0.717) is 53.9 Å². The number of rotatable bonds is 11. The van der Waals surface area contributed by atoms with Crippen LogP contribution in [0.2, 0.25) is 10.0 Å². The summed E-state index contributed by atoms with van der Waals surface area (Å²) >= 11 is 12.1. The lowest BCUT2D eigenvalue weighted by Crippen LogP contribution is -2.58. The van der Waals surface area contributed by atoms with Gasteiger partial charge in [0, 0.05) is 67.0 Å². The Balaban J connectivity index is 1.35. The fourth-order valence-electron chi connectivity index (χ4n) is 6.67. The van der Waals surface area contributed by atoms with Gasteiger partial charge in [-0.3, -0.25) is 9.78 Å². The molecule has 8 nitrogen and oxygen atoms in total. The summed E-state index contributed by atoms with van der Waals surface area (Å²) < 4.78 is 49.8. The Labute approximate surface area is 274 Å². The number of Topliss-reactive ketones (excluding diaryl/α,β-unsaturated/α-hetero) is 1. The van der Waals surface area contributed by atoms with Gasteiger partial charge in [-0.1, -0.05) is 35.3 Å². The van der Waals surface area contributed by atoms with Crippen molar-refractivity contribution in [2.24, 2.45) is 11.7 Å². The van der Waals surface area contributed by atoms with Crippen molar-refractivity contribution in [1.82, 2.24) is 14.6 Å². The van der Waals surface area contributed by atoms with E-state index in [2.05, 4.69) is 10.3 Å². The lowest BCUT2D eigenvalue weighted by Gasteiger charge is -2.40. The van der Waals surface area contributed by atoms with E-state index in [1.807, 2.05) is 19.1 Å². The molecule has 12 heteroatoms. The number of nitrogens with one attached hydrogen (secondary N) is 1. The molecule has 0 amide bonds. The second-order valence-corrected chi connectivity index (χ2v) is 14.7. The van der Waals surface area contributed by atoms with Crippen LogP contribution < -0.4 is 11.1 Å². The van der Waals surface area contributed by atoms with Gasteiger partial charge in [-0.25, -0.2) is 12.8 Å². The number of halogens is 3. The molecule has 3 aromatic rings. The average Bonchev–Trinajstić information content (AvgIpc) is 3.02. The molecule has 2 aromatic carbocycles. The number of benzene rings is 2. The fourth-order valence-corrected chi connectivity index (χ4v) is 8.77. The first-order chi connectivity index (χ1) is 21.6. The molecular formula is C33H39Cl2FN4O4S. The SMILES string of the molecule is C[C@H]1CNC[C@H](CCc2c(F)cncc2CC(=O)[C@@H](N)[C@@H](c2ccc(Cl)cc2)C2CCOCC2)N1S(=O)(=O)c1ccc(Cl)cc1. The molecular weight excluding hydrogens is 638 g/mol. The average molecular weight is 678 g/mol. The van der Waals surface area contributed by atoms with Gasteiger partial charge in [0.1, 0.15) is 5.82 Å². The van der Waals surface area contributed by atoms with Gasteiger partial charge in [0.05, 0.1) is 17.1 Å². The molecule has 4 atom stereocenters. The van der Waals surface area contributed by atoms with Crippen molar-refractivity contribution in [3.8, 4) is 0 Å². The number of aromatic nitrogens is 1. The molecule has 2 aliphatic rings. The van der Waals surface area contributed by atoms with E-state index in [1.165, 1.54) is 22.6 Å². The first kappa shape index (κ1) is 33.9. The van der Waals surface area contributed by atoms with Crippen molar-refractivity contribution in [3.05, 3.63) is 93.5 Å². The van der Waals surface area contributed by atoms with E-state index < -0.39 is 27.9 Å². The van der Waals surface area contributed by atoms with Crippen molar-refractivity contribution in [1.29, 1.82) is 0 Å². The van der Waals surface area contributed by atoms with E-state index in [9.17, 15) is 13.2 Å². The number of nitrogens with two attached hydrogens (primary N) is 1. The largest absolute Gasteiger partial charge is 0.381 e. The minimum absolute atomic E-state index is 0.0827. The molecule has 0 aliphatic carbocycles. The molecule has 0 bridgehead atoms. The summed E-state index contributed by atoms with van der Waals surface area (Å²) in [6.07, 6.45) is 4.69. The van der Waals surface area contributed by atoms with Crippen LogP contribution in [0.4, 0.5) is 4.39 Å². The van der Waals surface area contributed by atoms with Crippen LogP contribution in [0.3, 0.4) is 0 Å². The number of carbonyl (C=O) groups excluding carboxylic acids is 1. The summed E-state index contributed by atoms with van der Waals surface area (Å²) in [5.74, 6) is -0.838. The van der Waals surface area contributed by atoms with Gasteiger partial charge in [0.25, 0.3) is 0 Å². The van der Waals surface area contributed by atoms with E-state index in [-0.39, 0.29) is 41.4 Å². The normalized spacial score (nSPS) is 21.4. The maximum atomic E-state index is 15.3. The minimum atomic E-state index is -3.84. The molecule has 1 aromatic heterocycles. The van der Waals surface area contributed by atoms with Crippen LogP contribution >= 0.6 is 23.2 Å². The summed E-state index contributed by atoms with van der Waals surface area (Å²) in [5.41, 5.74) is 8.45. The van der Waals surface area contributed by atoms with Crippen molar-refractivity contribution in [2.75, 3.05) is 26.3 Å². The first-order valence-corrected chi connectivity index (χ1v) is 17.5. The summed E-state index contributed by atoms with van der Waals surface area (Å²) in [6.45, 7) is 3.96. The predicted octanol–water partition coefficient (Wildman–Crippen LogP) is 5.16. The second-order valence-electron chi connectivity index (χ2n) is 11.9. The van der Waals surface area contributed by atoms with E-state index in [4.69, 9.17) is 33.7 Å². The van der Waals surface area contributed by atoms with Gasteiger partial charge in [-0.2, -0.15) is 4.31 Å². The van der Waals surface area contributed by atoms with E-state index >= 15 is 4.39 Å². The third-order valence-electron chi connectivity index (χ3n) is 8.98. The fraction of sp³-hybridized carbons (Fsp3) is 0.455. The third-order valence-corrected chi connectivity index (χ3v) is 11.6. The monoisotopic (exact) mass is 676 g/mol. The molecule has 3 heterocycles. The highest BCUT2D eigenvalue weighted by molar-refractivity contribution is 7.89. The maximum absolute atomic E-state index is 15.3. The van der Waals surface area contributed by atoms with Gasteiger partial charge in [-0.15, -0.1) is 0 Å². The summed E-state index contributed by atoms with van der Waals surface area (Å²) in [4.78, 5) is 18.0. The van der Waals surface area contributed by atoms with Gasteiger partial charge < -0.3 is 15.8 Å². The molecule has 5 rings (SSSR count). The smallest absolute Gasteiger partial charge is 0.243 e. The lowest BCUT2D eigenvalue weighted by molar-refractivity contribution is -0.120.